The van der Waals surface area contributed by atoms with E-state index in [1.807, 2.05) is 6.08 Å². The highest BCUT2D eigenvalue weighted by atomic mass is 19.2. The van der Waals surface area contributed by atoms with Gasteiger partial charge in [-0.1, -0.05) is 24.3 Å². The summed E-state index contributed by atoms with van der Waals surface area (Å²) in [5.74, 6) is -4.75. The minimum Gasteiger partial charge on any atom is -0.491 e. The maximum Gasteiger partial charge on any atom is 0.201 e. The molecule has 196 valence electrons. The van der Waals surface area contributed by atoms with Crippen LogP contribution in [-0.4, -0.2) is 13.2 Å². The molecule has 0 saturated heterocycles. The zero-order valence-corrected chi connectivity index (χ0v) is 20.9. The minimum absolute atomic E-state index is 0.0258. The smallest absolute Gasteiger partial charge is 0.201 e. The summed E-state index contributed by atoms with van der Waals surface area (Å²) in [6, 6.07) is 10.1. The van der Waals surface area contributed by atoms with Crippen LogP contribution in [0.1, 0.15) is 50.7 Å². The number of ether oxygens (including phenoxy) is 2. The molecule has 0 heterocycles. The van der Waals surface area contributed by atoms with Crippen LogP contribution in [0, 0.1) is 35.0 Å². The van der Waals surface area contributed by atoms with Gasteiger partial charge in [0.05, 0.1) is 13.2 Å². The third kappa shape index (κ3) is 5.81. The molecule has 0 fully saturated rings. The summed E-state index contributed by atoms with van der Waals surface area (Å²) in [4.78, 5) is 0. The van der Waals surface area contributed by atoms with Crippen LogP contribution in [0.3, 0.4) is 0 Å². The Labute approximate surface area is 213 Å². The molecule has 3 aromatic carbocycles. The summed E-state index contributed by atoms with van der Waals surface area (Å²) in [5, 5.41) is 0. The average molecular weight is 517 g/mol. The molecule has 0 spiro atoms. The molecule has 37 heavy (non-hydrogen) atoms. The summed E-state index contributed by atoms with van der Waals surface area (Å²) >= 11 is 0. The van der Waals surface area contributed by atoms with Gasteiger partial charge in [-0.2, -0.15) is 8.78 Å². The Morgan fingerprint density at radius 1 is 0.757 bits per heavy atom. The summed E-state index contributed by atoms with van der Waals surface area (Å²) in [6.45, 7) is 3.82. The highest BCUT2D eigenvalue weighted by molar-refractivity contribution is 5.72. The van der Waals surface area contributed by atoms with Crippen molar-refractivity contribution in [2.75, 3.05) is 13.2 Å². The fourth-order valence-electron chi connectivity index (χ4n) is 4.74. The van der Waals surface area contributed by atoms with E-state index in [1.54, 1.807) is 26.0 Å². The lowest BCUT2D eigenvalue weighted by Gasteiger charge is -2.22. The Morgan fingerprint density at radius 3 is 2.03 bits per heavy atom. The first kappa shape index (κ1) is 26.7. The van der Waals surface area contributed by atoms with Gasteiger partial charge < -0.3 is 9.47 Å². The maximum absolute atomic E-state index is 15.0. The van der Waals surface area contributed by atoms with Gasteiger partial charge in [-0.05, 0) is 92.8 Å². The fraction of sp³-hybridized carbons (Fsp3) is 0.333. The zero-order valence-electron chi connectivity index (χ0n) is 20.9. The fourth-order valence-corrected chi connectivity index (χ4v) is 4.74. The molecular weight excluding hydrogens is 487 g/mol. The molecule has 7 heteroatoms. The molecule has 0 radical (unpaired) electrons. The Balaban J connectivity index is 1.42. The van der Waals surface area contributed by atoms with Gasteiger partial charge in [0, 0.05) is 11.1 Å². The molecule has 1 unspecified atom stereocenters. The van der Waals surface area contributed by atoms with E-state index >= 15 is 0 Å². The molecule has 1 aliphatic carbocycles. The Kier molecular flexibility index (Phi) is 8.52. The average Bonchev–Trinajstić information content (AvgIpc) is 2.90. The van der Waals surface area contributed by atoms with E-state index in [0.29, 0.717) is 36.3 Å². The number of halogens is 5. The Hall–Kier alpha value is -3.35. The molecule has 0 aliphatic heterocycles. The Morgan fingerprint density at radius 2 is 1.41 bits per heavy atom. The third-order valence-electron chi connectivity index (χ3n) is 6.74. The van der Waals surface area contributed by atoms with Gasteiger partial charge in [0.2, 0.25) is 11.6 Å². The lowest BCUT2D eigenvalue weighted by atomic mass is 9.83. The van der Waals surface area contributed by atoms with Crippen LogP contribution in [0.15, 0.2) is 48.5 Å². The second-order valence-corrected chi connectivity index (χ2v) is 9.06. The number of aryl methyl sites for hydroxylation is 1. The van der Waals surface area contributed by atoms with Gasteiger partial charge in [0.15, 0.2) is 23.1 Å². The topological polar surface area (TPSA) is 18.5 Å². The summed E-state index contributed by atoms with van der Waals surface area (Å²) in [5.41, 5.74) is 1.79. The zero-order chi connectivity index (χ0) is 26.5. The monoisotopic (exact) mass is 516 g/mol. The van der Waals surface area contributed by atoms with Gasteiger partial charge in [-0.15, -0.1) is 0 Å². The van der Waals surface area contributed by atoms with E-state index in [0.717, 1.165) is 18.4 Å². The lowest BCUT2D eigenvalue weighted by Crippen LogP contribution is -2.08. The Bertz CT molecular complexity index is 1300. The molecule has 3 aromatic rings. The lowest BCUT2D eigenvalue weighted by molar-refractivity contribution is 0.313. The van der Waals surface area contributed by atoms with E-state index in [-0.39, 0.29) is 35.8 Å². The van der Waals surface area contributed by atoms with Crippen LogP contribution >= 0.6 is 0 Å². The van der Waals surface area contributed by atoms with E-state index < -0.39 is 29.1 Å². The van der Waals surface area contributed by atoms with Crippen LogP contribution < -0.4 is 9.47 Å². The van der Waals surface area contributed by atoms with Crippen molar-refractivity contribution in [2.24, 2.45) is 5.92 Å². The van der Waals surface area contributed by atoms with Crippen LogP contribution in [0.25, 0.3) is 16.7 Å². The first-order valence-corrected chi connectivity index (χ1v) is 12.5. The summed E-state index contributed by atoms with van der Waals surface area (Å²) in [7, 11) is 0. The highest BCUT2D eigenvalue weighted by Crippen LogP contribution is 2.36. The van der Waals surface area contributed by atoms with Gasteiger partial charge in [-0.25, -0.2) is 13.2 Å². The van der Waals surface area contributed by atoms with E-state index in [2.05, 4.69) is 0 Å². The predicted octanol–water partition coefficient (Wildman–Crippen LogP) is 8.66. The van der Waals surface area contributed by atoms with Crippen molar-refractivity contribution < 1.29 is 31.4 Å². The second-order valence-electron chi connectivity index (χ2n) is 9.06. The van der Waals surface area contributed by atoms with Crippen molar-refractivity contribution in [1.82, 2.24) is 0 Å². The molecular formula is C30H29F5O2. The van der Waals surface area contributed by atoms with Gasteiger partial charge in [0.1, 0.15) is 5.82 Å². The van der Waals surface area contributed by atoms with E-state index in [1.165, 1.54) is 30.3 Å². The highest BCUT2D eigenvalue weighted by Gasteiger charge is 2.21. The van der Waals surface area contributed by atoms with Crippen molar-refractivity contribution in [3.05, 3.63) is 88.8 Å². The quantitative estimate of drug-likeness (QED) is 0.265. The van der Waals surface area contributed by atoms with Crippen molar-refractivity contribution in [3.8, 4) is 22.6 Å². The van der Waals surface area contributed by atoms with Gasteiger partial charge >= 0.3 is 0 Å². The van der Waals surface area contributed by atoms with Crippen LogP contribution in [-0.2, 0) is 6.42 Å². The number of allylic oxidation sites excluding steroid dienone is 2. The number of rotatable bonds is 9. The molecule has 2 nitrogen and oxygen atoms in total. The van der Waals surface area contributed by atoms with Gasteiger partial charge in [0.25, 0.3) is 0 Å². The molecule has 0 saturated carbocycles. The van der Waals surface area contributed by atoms with Crippen molar-refractivity contribution >= 4 is 5.57 Å². The first-order valence-electron chi connectivity index (χ1n) is 12.5. The number of hydrogen-bond donors (Lipinski definition) is 0. The summed E-state index contributed by atoms with van der Waals surface area (Å²) in [6.07, 6.45) is 5.42. The molecule has 0 bridgehead atoms. The predicted molar refractivity (Wildman–Crippen MR) is 134 cm³/mol. The SMILES string of the molecule is CCOc1ccc(CCC2CC=C(c3ccc(-c4ccc(OCC)c(F)c4F)c(F)c3)CC2)c(F)c1F. The second kappa shape index (κ2) is 11.8. The maximum atomic E-state index is 15.0. The molecule has 4 rings (SSSR count). The molecule has 1 aliphatic rings. The minimum atomic E-state index is -1.15. The van der Waals surface area contributed by atoms with E-state index in [9.17, 15) is 22.0 Å². The van der Waals surface area contributed by atoms with Crippen molar-refractivity contribution in [1.29, 1.82) is 0 Å². The molecule has 1 atom stereocenters. The molecule has 0 N–H and O–H groups in total. The van der Waals surface area contributed by atoms with Crippen LogP contribution in [0.4, 0.5) is 22.0 Å². The third-order valence-corrected chi connectivity index (χ3v) is 6.74. The molecule has 0 amide bonds. The summed E-state index contributed by atoms with van der Waals surface area (Å²) < 4.78 is 82.4. The van der Waals surface area contributed by atoms with Gasteiger partial charge in [-0.3, -0.25) is 0 Å². The van der Waals surface area contributed by atoms with Crippen molar-refractivity contribution in [3.63, 3.8) is 0 Å². The standard InChI is InChI=1S/C30H29F5O2/c1-3-36-25-15-12-20(27(32)29(25)34)10-7-18-5-8-19(9-6-18)21-11-13-22(24(31)17-21)23-14-16-26(37-4-2)30(35)28(23)33/h8,11-18H,3-7,9-10H2,1-2H3. The van der Waals surface area contributed by atoms with Crippen LogP contribution in [0.2, 0.25) is 0 Å². The van der Waals surface area contributed by atoms with Crippen LogP contribution in [0.5, 0.6) is 11.5 Å². The largest absolute Gasteiger partial charge is 0.491 e. The number of benzene rings is 3. The van der Waals surface area contributed by atoms with Crippen molar-refractivity contribution in [2.45, 2.75) is 46.0 Å². The molecule has 0 aromatic heterocycles. The normalized spacial score (nSPS) is 15.4. The number of hydrogen-bond acceptors (Lipinski definition) is 2. The first-order chi connectivity index (χ1) is 17.8. The van der Waals surface area contributed by atoms with E-state index in [4.69, 9.17) is 9.47 Å².